The molecule has 1 aliphatic heterocycles. The zero-order valence-electron chi connectivity index (χ0n) is 20.0. The fourth-order valence-corrected chi connectivity index (χ4v) is 5.39. The number of hydrogen-bond acceptors (Lipinski definition) is 6. The van der Waals surface area contributed by atoms with Crippen molar-refractivity contribution in [3.63, 3.8) is 0 Å². The Morgan fingerprint density at radius 3 is 2.56 bits per heavy atom. The number of imide groups is 1. The number of nitro benzene ring substituents is 1. The van der Waals surface area contributed by atoms with Gasteiger partial charge in [0.2, 0.25) is 5.91 Å². The third kappa shape index (κ3) is 5.75. The summed E-state index contributed by atoms with van der Waals surface area (Å²) >= 11 is 10.1. The number of nitrogens with one attached hydrogen (secondary N) is 1. The normalized spacial score (nSPS) is 14.4. The molecular formula is C27H18BrClN4O5S. The van der Waals surface area contributed by atoms with Gasteiger partial charge in [0.25, 0.3) is 16.8 Å². The van der Waals surface area contributed by atoms with E-state index in [-0.39, 0.29) is 10.6 Å². The number of amides is 3. The predicted molar refractivity (Wildman–Crippen MR) is 155 cm³/mol. The summed E-state index contributed by atoms with van der Waals surface area (Å²) in [6.45, 7) is 0.0195. The number of hydrogen-bond donors (Lipinski definition) is 1. The van der Waals surface area contributed by atoms with E-state index in [0.717, 1.165) is 38.7 Å². The molecule has 196 valence electrons. The molecule has 0 unspecified atom stereocenters. The highest BCUT2D eigenvalue weighted by molar-refractivity contribution is 9.10. The average Bonchev–Trinajstić information content (AvgIpc) is 3.38. The van der Waals surface area contributed by atoms with E-state index in [9.17, 15) is 24.5 Å². The maximum Gasteiger partial charge on any atom is 0.294 e. The Bertz CT molecular complexity index is 1690. The Kier molecular flexibility index (Phi) is 7.56. The van der Waals surface area contributed by atoms with Gasteiger partial charge in [0.1, 0.15) is 6.54 Å². The van der Waals surface area contributed by atoms with Gasteiger partial charge in [-0.1, -0.05) is 41.9 Å². The second-order valence-corrected chi connectivity index (χ2v) is 10.9. The first kappa shape index (κ1) is 26.7. The molecule has 1 aliphatic rings. The third-order valence-electron chi connectivity index (χ3n) is 5.98. The monoisotopic (exact) mass is 624 g/mol. The van der Waals surface area contributed by atoms with E-state index in [4.69, 9.17) is 11.6 Å². The number of fused-ring (bicyclic) bond motifs is 1. The molecule has 9 nitrogen and oxygen atoms in total. The third-order valence-corrected chi connectivity index (χ3v) is 8.12. The summed E-state index contributed by atoms with van der Waals surface area (Å²) in [5, 5.41) is 14.3. The molecule has 12 heteroatoms. The molecule has 4 aromatic rings. The van der Waals surface area contributed by atoms with Gasteiger partial charge < -0.3 is 9.88 Å². The molecule has 0 bridgehead atoms. The number of nitro groups is 1. The molecule has 3 amide bonds. The summed E-state index contributed by atoms with van der Waals surface area (Å²) in [5.74, 6) is -1.09. The van der Waals surface area contributed by atoms with Gasteiger partial charge >= 0.3 is 0 Å². The zero-order valence-corrected chi connectivity index (χ0v) is 23.1. The van der Waals surface area contributed by atoms with Gasteiger partial charge in [-0.2, -0.15) is 0 Å². The number of nitrogens with zero attached hydrogens (tertiary/aromatic N) is 3. The number of benzene rings is 3. The Hall–Kier alpha value is -3.93. The lowest BCUT2D eigenvalue weighted by Crippen LogP contribution is -2.36. The maximum absolute atomic E-state index is 13.1. The summed E-state index contributed by atoms with van der Waals surface area (Å²) in [6.07, 6.45) is 3.51. The minimum atomic E-state index is -0.554. The predicted octanol–water partition coefficient (Wildman–Crippen LogP) is 6.69. The van der Waals surface area contributed by atoms with Crippen LogP contribution in [0.25, 0.3) is 17.0 Å². The van der Waals surface area contributed by atoms with E-state index in [1.807, 2.05) is 35.0 Å². The summed E-state index contributed by atoms with van der Waals surface area (Å²) in [4.78, 5) is 49.9. The molecule has 1 fully saturated rings. The topological polar surface area (TPSA) is 115 Å². The number of rotatable bonds is 7. The van der Waals surface area contributed by atoms with Crippen LogP contribution < -0.4 is 5.32 Å². The molecule has 1 N–H and O–H groups in total. The highest BCUT2D eigenvalue weighted by atomic mass is 79.9. The smallest absolute Gasteiger partial charge is 0.294 e. The van der Waals surface area contributed by atoms with Gasteiger partial charge in [-0.05, 0) is 63.6 Å². The Morgan fingerprint density at radius 2 is 1.85 bits per heavy atom. The van der Waals surface area contributed by atoms with Crippen molar-refractivity contribution in [3.8, 4) is 0 Å². The number of anilines is 1. The van der Waals surface area contributed by atoms with Crippen molar-refractivity contribution in [3.05, 3.63) is 109 Å². The van der Waals surface area contributed by atoms with Crippen LogP contribution in [0.4, 0.5) is 16.2 Å². The minimum Gasteiger partial charge on any atom is -0.342 e. The molecule has 3 aromatic carbocycles. The van der Waals surface area contributed by atoms with Crippen molar-refractivity contribution >= 4 is 84.7 Å². The lowest BCUT2D eigenvalue weighted by atomic mass is 10.1. The van der Waals surface area contributed by atoms with Gasteiger partial charge in [0, 0.05) is 51.5 Å². The lowest BCUT2D eigenvalue weighted by Gasteiger charge is -2.12. The van der Waals surface area contributed by atoms with Crippen LogP contribution in [0.2, 0.25) is 5.02 Å². The van der Waals surface area contributed by atoms with Gasteiger partial charge in [-0.25, -0.2) is 0 Å². The number of carbonyl (C=O) groups excluding carboxylic acids is 3. The van der Waals surface area contributed by atoms with E-state index in [1.165, 1.54) is 12.1 Å². The Labute approximate surface area is 239 Å². The van der Waals surface area contributed by atoms with Crippen LogP contribution in [0.5, 0.6) is 0 Å². The molecule has 0 atom stereocenters. The summed E-state index contributed by atoms with van der Waals surface area (Å²) in [6, 6.07) is 18.8. The van der Waals surface area contributed by atoms with Crippen LogP contribution >= 0.6 is 39.3 Å². The number of para-hydroxylation sites is 1. The van der Waals surface area contributed by atoms with Crippen molar-refractivity contribution in [2.75, 3.05) is 11.9 Å². The second kappa shape index (κ2) is 11.0. The number of carbonyl (C=O) groups is 3. The average molecular weight is 626 g/mol. The van der Waals surface area contributed by atoms with Crippen molar-refractivity contribution < 1.29 is 19.3 Å². The number of halogens is 2. The van der Waals surface area contributed by atoms with Gasteiger partial charge in [-0.3, -0.25) is 29.4 Å². The van der Waals surface area contributed by atoms with E-state index in [2.05, 4.69) is 21.2 Å². The van der Waals surface area contributed by atoms with Crippen LogP contribution in [0.3, 0.4) is 0 Å². The summed E-state index contributed by atoms with van der Waals surface area (Å²) in [7, 11) is 0. The Morgan fingerprint density at radius 1 is 1.10 bits per heavy atom. The minimum absolute atomic E-state index is 0.0156. The fourth-order valence-electron chi connectivity index (χ4n) is 4.14. The van der Waals surface area contributed by atoms with Crippen molar-refractivity contribution in [2.24, 2.45) is 0 Å². The van der Waals surface area contributed by atoms with E-state index < -0.39 is 28.5 Å². The standard InChI is InChI=1S/C27H18BrClN4O5S/c28-21-10-7-18(12-22(21)29)30-25(34)15-32-26(35)24(39-27(32)36)11-17-14-31(23-4-2-1-3-20(17)23)13-16-5-8-19(9-6-16)33(37)38/h1-12,14H,13,15H2,(H,30,34)/b24-11-. The molecule has 1 aromatic heterocycles. The molecule has 2 heterocycles. The molecule has 5 rings (SSSR count). The SMILES string of the molecule is O=C(CN1C(=O)S/C(=C\c2cn(Cc3ccc([N+](=O)[O-])cc3)c3ccccc23)C1=O)Nc1ccc(Br)c(Cl)c1. The lowest BCUT2D eigenvalue weighted by molar-refractivity contribution is -0.384. The van der Waals surface area contributed by atoms with E-state index in [0.29, 0.717) is 21.7 Å². The maximum atomic E-state index is 13.1. The first-order valence-electron chi connectivity index (χ1n) is 11.5. The van der Waals surface area contributed by atoms with Gasteiger partial charge in [-0.15, -0.1) is 0 Å². The fraction of sp³-hybridized carbons (Fsp3) is 0.0741. The van der Waals surface area contributed by atoms with Crippen LogP contribution in [0, 0.1) is 10.1 Å². The van der Waals surface area contributed by atoms with Crippen molar-refractivity contribution in [1.82, 2.24) is 9.47 Å². The Balaban J connectivity index is 1.35. The molecule has 0 radical (unpaired) electrons. The van der Waals surface area contributed by atoms with Crippen LogP contribution in [0.1, 0.15) is 11.1 Å². The number of non-ortho nitro benzene ring substituents is 1. The van der Waals surface area contributed by atoms with Gasteiger partial charge in [0.15, 0.2) is 0 Å². The molecule has 0 saturated carbocycles. The first-order chi connectivity index (χ1) is 18.7. The largest absolute Gasteiger partial charge is 0.342 e. The van der Waals surface area contributed by atoms with Crippen LogP contribution in [0.15, 0.2) is 82.3 Å². The molecule has 0 aliphatic carbocycles. The molecule has 39 heavy (non-hydrogen) atoms. The molecule has 0 spiro atoms. The van der Waals surface area contributed by atoms with Crippen molar-refractivity contribution in [1.29, 1.82) is 0 Å². The summed E-state index contributed by atoms with van der Waals surface area (Å²) < 4.78 is 2.65. The van der Waals surface area contributed by atoms with Crippen molar-refractivity contribution in [2.45, 2.75) is 6.54 Å². The highest BCUT2D eigenvalue weighted by Gasteiger charge is 2.36. The van der Waals surface area contributed by atoms with E-state index >= 15 is 0 Å². The van der Waals surface area contributed by atoms with Gasteiger partial charge in [0.05, 0.1) is 14.9 Å². The molecule has 1 saturated heterocycles. The second-order valence-electron chi connectivity index (χ2n) is 8.60. The first-order valence-corrected chi connectivity index (χ1v) is 13.5. The summed E-state index contributed by atoms with van der Waals surface area (Å²) in [5.41, 5.74) is 2.95. The number of aromatic nitrogens is 1. The molecular weight excluding hydrogens is 608 g/mol. The quantitative estimate of drug-likeness (QED) is 0.139. The highest BCUT2D eigenvalue weighted by Crippen LogP contribution is 2.34. The zero-order chi connectivity index (χ0) is 27.7. The van der Waals surface area contributed by atoms with Crippen LogP contribution in [-0.2, 0) is 16.1 Å². The van der Waals surface area contributed by atoms with E-state index in [1.54, 1.807) is 36.4 Å². The number of thioether (sulfide) groups is 1. The van der Waals surface area contributed by atoms with Crippen LogP contribution in [-0.4, -0.2) is 38.0 Å².